The van der Waals surface area contributed by atoms with Gasteiger partial charge in [-0.2, -0.15) is 39.5 Å². The summed E-state index contributed by atoms with van der Waals surface area (Å²) in [7, 11) is 0. The maximum Gasteiger partial charge on any atom is 0.471 e. The van der Waals surface area contributed by atoms with Gasteiger partial charge in [-0.05, 0) is 30.5 Å². The first-order valence-electron chi connectivity index (χ1n) is 12.4. The first kappa shape index (κ1) is 34.6. The van der Waals surface area contributed by atoms with Crippen LogP contribution in [0.2, 0.25) is 0 Å². The number of carboxylic acid groups (broad SMARTS) is 1. The molecule has 1 saturated heterocycles. The highest BCUT2D eigenvalue weighted by molar-refractivity contribution is 5.87. The van der Waals surface area contributed by atoms with Crippen LogP contribution >= 0.6 is 0 Å². The topological polar surface area (TPSA) is 101 Å². The molecule has 1 fully saturated rings. The molecule has 1 N–H and O–H groups in total. The van der Waals surface area contributed by atoms with E-state index in [9.17, 15) is 58.7 Å². The second-order valence-corrected chi connectivity index (χ2v) is 9.36. The van der Waals surface area contributed by atoms with Gasteiger partial charge in [0.05, 0.1) is 5.56 Å². The maximum atomic E-state index is 13.2. The Morgan fingerprint density at radius 1 is 0.571 bits per heavy atom. The molecule has 1 aliphatic rings. The third-order valence-electron chi connectivity index (χ3n) is 6.28. The summed E-state index contributed by atoms with van der Waals surface area (Å²) in [6.45, 7) is -5.12. The number of alkyl halides is 9. The number of amides is 3. The average Bonchev–Trinajstić information content (AvgIpc) is 2.88. The van der Waals surface area contributed by atoms with Crippen LogP contribution in [0.4, 0.5) is 39.5 Å². The largest absolute Gasteiger partial charge is 0.478 e. The number of aromatic carboxylic acids is 1. The lowest BCUT2D eigenvalue weighted by molar-refractivity contribution is -0.189. The smallest absolute Gasteiger partial charge is 0.471 e. The number of hydrogen-bond donors (Lipinski definition) is 1. The van der Waals surface area contributed by atoms with Crippen LogP contribution in [0.1, 0.15) is 28.8 Å². The van der Waals surface area contributed by atoms with Crippen molar-refractivity contribution in [1.29, 1.82) is 0 Å². The first-order chi connectivity index (χ1) is 19.3. The van der Waals surface area contributed by atoms with Crippen molar-refractivity contribution in [3.05, 3.63) is 35.4 Å². The zero-order chi connectivity index (χ0) is 31.9. The van der Waals surface area contributed by atoms with Crippen LogP contribution < -0.4 is 0 Å². The molecule has 1 aromatic rings. The van der Waals surface area contributed by atoms with Crippen molar-refractivity contribution < 1.29 is 63.8 Å². The third-order valence-corrected chi connectivity index (χ3v) is 6.28. The Bertz CT molecular complexity index is 1110. The van der Waals surface area contributed by atoms with E-state index in [4.69, 9.17) is 5.11 Å². The maximum absolute atomic E-state index is 13.2. The van der Waals surface area contributed by atoms with E-state index >= 15 is 0 Å². The number of carboxylic acids is 1. The molecular formula is C24H27F9N4O5. The Kier molecular flexibility index (Phi) is 11.6. The lowest BCUT2D eigenvalue weighted by Gasteiger charge is -2.32. The Hall–Kier alpha value is -3.57. The van der Waals surface area contributed by atoms with Crippen LogP contribution in [0.3, 0.4) is 0 Å². The average molecular weight is 622 g/mol. The fourth-order valence-electron chi connectivity index (χ4n) is 4.20. The summed E-state index contributed by atoms with van der Waals surface area (Å²) in [5.74, 6) is -8.28. The Morgan fingerprint density at radius 2 is 0.929 bits per heavy atom. The van der Waals surface area contributed by atoms with Crippen molar-refractivity contribution >= 4 is 23.7 Å². The van der Waals surface area contributed by atoms with Gasteiger partial charge < -0.3 is 19.8 Å². The van der Waals surface area contributed by atoms with Crippen LogP contribution in [-0.4, -0.2) is 119 Å². The van der Waals surface area contributed by atoms with E-state index in [1.807, 2.05) is 0 Å². The fourth-order valence-corrected chi connectivity index (χ4v) is 4.20. The van der Waals surface area contributed by atoms with Crippen molar-refractivity contribution in [2.24, 2.45) is 0 Å². The molecule has 2 rings (SSSR count). The molecule has 3 amide bonds. The number of benzene rings is 1. The molecule has 0 aliphatic carbocycles. The Morgan fingerprint density at radius 3 is 1.29 bits per heavy atom. The first-order valence-corrected chi connectivity index (χ1v) is 12.4. The van der Waals surface area contributed by atoms with E-state index in [-0.39, 0.29) is 41.4 Å². The summed E-state index contributed by atoms with van der Waals surface area (Å²) in [5, 5.41) is 9.05. The Labute approximate surface area is 233 Å². The molecule has 0 unspecified atom stereocenters. The molecule has 0 spiro atoms. The predicted octanol–water partition coefficient (Wildman–Crippen LogP) is 3.15. The molecular weight excluding hydrogens is 595 g/mol. The second-order valence-electron chi connectivity index (χ2n) is 9.36. The van der Waals surface area contributed by atoms with Crippen LogP contribution in [0.5, 0.6) is 0 Å². The zero-order valence-corrected chi connectivity index (χ0v) is 21.9. The molecule has 42 heavy (non-hydrogen) atoms. The quantitative estimate of drug-likeness (QED) is 0.521. The van der Waals surface area contributed by atoms with E-state index in [1.165, 1.54) is 29.2 Å². The van der Waals surface area contributed by atoms with E-state index < -0.39 is 87.9 Å². The highest BCUT2D eigenvalue weighted by Crippen LogP contribution is 2.23. The monoisotopic (exact) mass is 622 g/mol. The van der Waals surface area contributed by atoms with Gasteiger partial charge >= 0.3 is 42.2 Å². The number of nitrogens with zero attached hydrogens (tertiary/aromatic N) is 4. The number of halogens is 9. The molecule has 236 valence electrons. The van der Waals surface area contributed by atoms with E-state index in [2.05, 4.69) is 0 Å². The fraction of sp³-hybridized carbons (Fsp3) is 0.583. The molecule has 1 aliphatic heterocycles. The van der Waals surface area contributed by atoms with Crippen molar-refractivity contribution in [3.63, 3.8) is 0 Å². The number of carbonyl (C=O) groups is 4. The van der Waals surface area contributed by atoms with Gasteiger partial charge in [0.25, 0.3) is 0 Å². The van der Waals surface area contributed by atoms with Gasteiger partial charge in [-0.3, -0.25) is 19.3 Å². The van der Waals surface area contributed by atoms with Crippen LogP contribution in [0.15, 0.2) is 24.3 Å². The van der Waals surface area contributed by atoms with Gasteiger partial charge in [0.2, 0.25) is 0 Å². The molecule has 1 heterocycles. The van der Waals surface area contributed by atoms with E-state index in [1.54, 1.807) is 0 Å². The number of carbonyl (C=O) groups excluding carboxylic acids is 3. The predicted molar refractivity (Wildman–Crippen MR) is 126 cm³/mol. The number of rotatable bonds is 3. The van der Waals surface area contributed by atoms with Gasteiger partial charge in [0, 0.05) is 58.9 Å². The second kappa shape index (κ2) is 14.1. The van der Waals surface area contributed by atoms with E-state index in [0.717, 1.165) is 0 Å². The lowest BCUT2D eigenvalue weighted by atomic mass is 10.1. The van der Waals surface area contributed by atoms with Gasteiger partial charge in [-0.15, -0.1) is 0 Å². The molecule has 9 nitrogen and oxygen atoms in total. The van der Waals surface area contributed by atoms with Crippen LogP contribution in [0.25, 0.3) is 0 Å². The van der Waals surface area contributed by atoms with Crippen molar-refractivity contribution in [3.8, 4) is 0 Å². The van der Waals surface area contributed by atoms with Crippen molar-refractivity contribution in [2.45, 2.75) is 37.9 Å². The van der Waals surface area contributed by atoms with E-state index in [0.29, 0.717) is 10.5 Å². The van der Waals surface area contributed by atoms with Gasteiger partial charge in [-0.1, -0.05) is 12.1 Å². The number of hydrogen-bond acceptors (Lipinski definition) is 5. The zero-order valence-electron chi connectivity index (χ0n) is 21.9. The van der Waals surface area contributed by atoms with Crippen molar-refractivity contribution in [1.82, 2.24) is 19.6 Å². The molecule has 18 heteroatoms. The highest BCUT2D eigenvalue weighted by Gasteiger charge is 2.45. The summed E-state index contributed by atoms with van der Waals surface area (Å²) < 4.78 is 119. The molecule has 0 radical (unpaired) electrons. The summed E-state index contributed by atoms with van der Waals surface area (Å²) in [6.07, 6.45) is -16.9. The molecule has 0 saturated carbocycles. The normalized spacial score (nSPS) is 17.5. The minimum atomic E-state index is -5.45. The lowest BCUT2D eigenvalue weighted by Crippen LogP contribution is -2.50. The summed E-state index contributed by atoms with van der Waals surface area (Å²) >= 11 is 0. The summed E-state index contributed by atoms with van der Waals surface area (Å²) in [4.78, 5) is 49.1. The van der Waals surface area contributed by atoms with Crippen molar-refractivity contribution in [2.75, 3.05) is 52.4 Å². The molecule has 0 atom stereocenters. The Balaban J connectivity index is 2.36. The van der Waals surface area contributed by atoms with Crippen LogP contribution in [-0.2, 0) is 20.9 Å². The summed E-state index contributed by atoms with van der Waals surface area (Å²) in [5.41, 5.74) is 0.431. The summed E-state index contributed by atoms with van der Waals surface area (Å²) in [6, 6.07) is 5.36. The van der Waals surface area contributed by atoms with Gasteiger partial charge in [0.15, 0.2) is 0 Å². The highest BCUT2D eigenvalue weighted by atomic mass is 19.4. The van der Waals surface area contributed by atoms with Gasteiger partial charge in [0.1, 0.15) is 0 Å². The third kappa shape index (κ3) is 10.4. The molecule has 0 bridgehead atoms. The molecule has 1 aromatic carbocycles. The minimum absolute atomic E-state index is 0.0188. The molecule has 0 aromatic heterocycles. The van der Waals surface area contributed by atoms with Gasteiger partial charge in [-0.25, -0.2) is 4.79 Å². The standard InChI is InChI=1S/C24H27F9N4O5/c25-22(26,27)19(40)35-9-2-10-37(21(42)24(31,32)33)14-13-36(20(41)23(28,29)30)8-1-7-34(11-12-35)15-16-3-5-17(6-4-16)18(38)39/h3-6H,1-2,7-15H2,(H,38,39). The minimum Gasteiger partial charge on any atom is -0.478 e. The van der Waals surface area contributed by atoms with Crippen LogP contribution in [0, 0.1) is 0 Å². The SMILES string of the molecule is O=C(O)c1ccc(CN2CCCN(C(=O)C(F)(F)F)CCN(C(=O)C(F)(F)F)CCCN(C(=O)C(F)(F)F)CC2)cc1.